The molecule has 1 heterocycles. The molecule has 0 fully saturated rings. The minimum atomic E-state index is -0.326. The molecule has 0 aliphatic carbocycles. The Hall–Kier alpha value is -1.95. The van der Waals surface area contributed by atoms with E-state index >= 15 is 0 Å². The predicted octanol–water partition coefficient (Wildman–Crippen LogP) is 2.96. The predicted molar refractivity (Wildman–Crippen MR) is 125 cm³/mol. The number of aliphatic imine (C=N–C) groups is 1. The molecule has 0 saturated heterocycles. The molecule has 0 aliphatic heterocycles. The zero-order chi connectivity index (χ0) is 20.4. The van der Waals surface area contributed by atoms with Gasteiger partial charge in [0.2, 0.25) is 0 Å². The van der Waals surface area contributed by atoms with Crippen molar-refractivity contribution < 1.29 is 13.9 Å². The van der Waals surface area contributed by atoms with Gasteiger partial charge >= 0.3 is 0 Å². The first-order valence-electron chi connectivity index (χ1n) is 9.08. The van der Waals surface area contributed by atoms with Crippen LogP contribution in [0.5, 0.6) is 5.75 Å². The van der Waals surface area contributed by atoms with Gasteiger partial charge in [-0.05, 0) is 25.5 Å². The molecule has 0 radical (unpaired) electrons. The van der Waals surface area contributed by atoms with Crippen molar-refractivity contribution in [2.75, 3.05) is 26.7 Å². The van der Waals surface area contributed by atoms with Crippen LogP contribution >= 0.6 is 35.3 Å². The lowest BCUT2D eigenvalue weighted by Gasteiger charge is -2.20. The molecule has 1 unspecified atom stereocenters. The van der Waals surface area contributed by atoms with Gasteiger partial charge in [0, 0.05) is 26.2 Å². The number of hydrogen-bond donors (Lipinski definition) is 3. The second-order valence-corrected chi connectivity index (χ2v) is 6.86. The van der Waals surface area contributed by atoms with Gasteiger partial charge in [0.25, 0.3) is 5.91 Å². The fourth-order valence-electron chi connectivity index (χ4n) is 2.39. The number of halogens is 2. The minimum Gasteiger partial charge on any atom is -0.489 e. The Kier molecular flexibility index (Phi) is 11.5. The van der Waals surface area contributed by atoms with Crippen LogP contribution in [0.2, 0.25) is 0 Å². The van der Waals surface area contributed by atoms with Crippen LogP contribution in [0.25, 0.3) is 0 Å². The summed E-state index contributed by atoms with van der Waals surface area (Å²) in [5, 5.41) is 9.16. The van der Waals surface area contributed by atoms with Crippen LogP contribution in [-0.4, -0.2) is 49.6 Å². The fraction of sp³-hybridized carbons (Fsp3) is 0.421. The third-order valence-corrected chi connectivity index (χ3v) is 4.86. The number of guanidine groups is 1. The standard InChI is InChI=1S/C19H26FN5O2S.HI/c1-4-15(27-16-7-5-6-14(20)10-16)11-24-19(21-3)23-9-8-22-18(26)17-13(2)25-12-28-17;/h5-7,10,12,15H,4,8-9,11H2,1-3H3,(H,22,26)(H2,21,23,24);1H. The average molecular weight is 535 g/mol. The van der Waals surface area contributed by atoms with Gasteiger partial charge in [-0.15, -0.1) is 35.3 Å². The Morgan fingerprint density at radius 2 is 2.07 bits per heavy atom. The summed E-state index contributed by atoms with van der Waals surface area (Å²) < 4.78 is 19.1. The second-order valence-electron chi connectivity index (χ2n) is 6.01. The molecule has 2 rings (SSSR count). The van der Waals surface area contributed by atoms with E-state index in [-0.39, 0.29) is 41.8 Å². The van der Waals surface area contributed by atoms with Gasteiger partial charge in [-0.1, -0.05) is 13.0 Å². The lowest BCUT2D eigenvalue weighted by molar-refractivity contribution is 0.0957. The molecule has 1 aromatic carbocycles. The first-order valence-corrected chi connectivity index (χ1v) is 9.96. The molecule has 160 valence electrons. The first-order chi connectivity index (χ1) is 13.5. The van der Waals surface area contributed by atoms with Crippen LogP contribution in [0.1, 0.15) is 28.7 Å². The van der Waals surface area contributed by atoms with E-state index < -0.39 is 0 Å². The Bertz CT molecular complexity index is 802. The van der Waals surface area contributed by atoms with E-state index in [0.29, 0.717) is 36.2 Å². The molecule has 1 amide bonds. The highest BCUT2D eigenvalue weighted by atomic mass is 127. The monoisotopic (exact) mass is 535 g/mol. The molecule has 7 nitrogen and oxygen atoms in total. The first kappa shape index (κ1) is 25.1. The molecule has 10 heteroatoms. The zero-order valence-electron chi connectivity index (χ0n) is 16.7. The van der Waals surface area contributed by atoms with E-state index in [9.17, 15) is 9.18 Å². The van der Waals surface area contributed by atoms with E-state index in [0.717, 1.165) is 12.1 Å². The number of aromatic nitrogens is 1. The van der Waals surface area contributed by atoms with Gasteiger partial charge < -0.3 is 20.7 Å². The maximum absolute atomic E-state index is 13.3. The maximum atomic E-state index is 13.3. The summed E-state index contributed by atoms with van der Waals surface area (Å²) in [5.74, 6) is 0.648. The largest absolute Gasteiger partial charge is 0.489 e. The molecular formula is C19H27FIN5O2S. The van der Waals surface area contributed by atoms with Crippen molar-refractivity contribution in [3.8, 4) is 5.75 Å². The highest BCUT2D eigenvalue weighted by Gasteiger charge is 2.12. The van der Waals surface area contributed by atoms with Crippen molar-refractivity contribution in [1.82, 2.24) is 20.9 Å². The molecule has 1 aromatic heterocycles. The number of ether oxygens (including phenoxy) is 1. The zero-order valence-corrected chi connectivity index (χ0v) is 19.8. The Morgan fingerprint density at radius 3 is 2.69 bits per heavy atom. The Labute approximate surface area is 191 Å². The topological polar surface area (TPSA) is 87.6 Å². The Morgan fingerprint density at radius 1 is 1.31 bits per heavy atom. The highest BCUT2D eigenvalue weighted by Crippen LogP contribution is 2.14. The van der Waals surface area contributed by atoms with Crippen molar-refractivity contribution >= 4 is 47.2 Å². The quantitative estimate of drug-likeness (QED) is 0.199. The number of amides is 1. The Balaban J connectivity index is 0.00000420. The summed E-state index contributed by atoms with van der Waals surface area (Å²) in [6.45, 7) is 5.29. The molecule has 3 N–H and O–H groups in total. The van der Waals surface area contributed by atoms with Gasteiger partial charge in [-0.25, -0.2) is 9.37 Å². The highest BCUT2D eigenvalue weighted by molar-refractivity contribution is 14.0. The van der Waals surface area contributed by atoms with Crippen LogP contribution in [-0.2, 0) is 0 Å². The molecule has 0 spiro atoms. The summed E-state index contributed by atoms with van der Waals surface area (Å²) in [6.07, 6.45) is 0.625. The van der Waals surface area contributed by atoms with Crippen LogP contribution in [0.4, 0.5) is 4.39 Å². The average Bonchev–Trinajstić information content (AvgIpc) is 3.12. The lowest BCUT2D eigenvalue weighted by atomic mass is 10.2. The third-order valence-electron chi connectivity index (χ3n) is 3.93. The molecular weight excluding hydrogens is 508 g/mol. The third kappa shape index (κ3) is 8.52. The van der Waals surface area contributed by atoms with Crippen molar-refractivity contribution in [2.45, 2.75) is 26.4 Å². The number of nitrogens with zero attached hydrogens (tertiary/aromatic N) is 2. The normalized spacial score (nSPS) is 11.9. The number of nitrogens with one attached hydrogen (secondary N) is 3. The summed E-state index contributed by atoms with van der Waals surface area (Å²) >= 11 is 1.32. The number of carbonyl (C=O) groups excluding carboxylic acids is 1. The number of aryl methyl sites for hydroxylation is 1. The molecule has 0 saturated carbocycles. The van der Waals surface area contributed by atoms with E-state index in [1.54, 1.807) is 24.7 Å². The molecule has 0 aliphatic rings. The van der Waals surface area contributed by atoms with Crippen LogP contribution < -0.4 is 20.7 Å². The van der Waals surface area contributed by atoms with Crippen LogP contribution in [0.15, 0.2) is 34.8 Å². The van der Waals surface area contributed by atoms with Crippen LogP contribution in [0.3, 0.4) is 0 Å². The number of hydrogen-bond acceptors (Lipinski definition) is 5. The molecule has 0 bridgehead atoms. The van der Waals surface area contributed by atoms with Gasteiger partial charge in [0.1, 0.15) is 22.5 Å². The second kappa shape index (κ2) is 13.3. The van der Waals surface area contributed by atoms with Gasteiger partial charge in [0.05, 0.1) is 17.7 Å². The summed E-state index contributed by atoms with van der Waals surface area (Å²) in [6, 6.07) is 6.09. The fourth-order valence-corrected chi connectivity index (χ4v) is 3.11. The van der Waals surface area contributed by atoms with Crippen molar-refractivity contribution in [2.24, 2.45) is 4.99 Å². The molecule has 1 atom stereocenters. The smallest absolute Gasteiger partial charge is 0.263 e. The maximum Gasteiger partial charge on any atom is 0.263 e. The van der Waals surface area contributed by atoms with Gasteiger partial charge in [-0.2, -0.15) is 0 Å². The number of thiazole rings is 1. The number of rotatable bonds is 9. The minimum absolute atomic E-state index is 0. The number of benzene rings is 1. The van der Waals surface area contributed by atoms with Crippen molar-refractivity contribution in [3.63, 3.8) is 0 Å². The van der Waals surface area contributed by atoms with E-state index in [1.807, 2.05) is 13.8 Å². The van der Waals surface area contributed by atoms with E-state index in [4.69, 9.17) is 4.74 Å². The van der Waals surface area contributed by atoms with Gasteiger partial charge in [-0.3, -0.25) is 9.79 Å². The van der Waals surface area contributed by atoms with Crippen molar-refractivity contribution in [3.05, 3.63) is 46.2 Å². The molecule has 2 aromatic rings. The summed E-state index contributed by atoms with van der Waals surface area (Å²) in [5.41, 5.74) is 2.39. The SMILES string of the molecule is CCC(CNC(=NC)NCCNC(=O)c1scnc1C)Oc1cccc(F)c1.I. The van der Waals surface area contributed by atoms with Crippen molar-refractivity contribution in [1.29, 1.82) is 0 Å². The van der Waals surface area contributed by atoms with E-state index in [1.165, 1.54) is 23.5 Å². The van der Waals surface area contributed by atoms with Crippen LogP contribution in [0, 0.1) is 12.7 Å². The lowest BCUT2D eigenvalue weighted by Crippen LogP contribution is -2.44. The van der Waals surface area contributed by atoms with E-state index in [2.05, 4.69) is 25.9 Å². The van der Waals surface area contributed by atoms with Gasteiger partial charge in [0.15, 0.2) is 5.96 Å². The molecule has 29 heavy (non-hydrogen) atoms. The summed E-state index contributed by atoms with van der Waals surface area (Å²) in [4.78, 5) is 20.9. The summed E-state index contributed by atoms with van der Waals surface area (Å²) in [7, 11) is 1.67. The number of carbonyl (C=O) groups is 1.